The number of aryl methyl sites for hydroxylation is 1. The highest BCUT2D eigenvalue weighted by molar-refractivity contribution is 7.89. The van der Waals surface area contributed by atoms with Crippen molar-refractivity contribution in [2.24, 2.45) is 0 Å². The molecule has 0 heterocycles. The zero-order valence-electron chi connectivity index (χ0n) is 13.2. The molecule has 23 heavy (non-hydrogen) atoms. The summed E-state index contributed by atoms with van der Waals surface area (Å²) in [5.74, 6) is -0.344. The lowest BCUT2D eigenvalue weighted by atomic mass is 10.2. The molecule has 2 N–H and O–H groups in total. The van der Waals surface area contributed by atoms with Crippen molar-refractivity contribution < 1.29 is 13.2 Å². The first-order valence-corrected chi connectivity index (χ1v) is 8.88. The Labute approximate surface area is 136 Å². The smallest absolute Gasteiger partial charge is 0.255 e. The molecule has 5 nitrogen and oxygen atoms in total. The standard InChI is InChI=1S/C17H20N2O3S/c1-3-10-18-23(21,22)16-9-5-7-14(12-16)17(20)19-15-8-4-6-13(2)11-15/h4-9,11-12,18H,3,10H2,1-2H3,(H,19,20). The average molecular weight is 332 g/mol. The van der Waals surface area contributed by atoms with Gasteiger partial charge >= 0.3 is 0 Å². The number of nitrogens with one attached hydrogen (secondary N) is 2. The van der Waals surface area contributed by atoms with Crippen molar-refractivity contribution >= 4 is 21.6 Å². The van der Waals surface area contributed by atoms with Crippen molar-refractivity contribution in [2.75, 3.05) is 11.9 Å². The Bertz CT molecular complexity index is 801. The minimum absolute atomic E-state index is 0.0860. The SMILES string of the molecule is CCCNS(=O)(=O)c1cccc(C(=O)Nc2cccc(C)c2)c1. The summed E-state index contributed by atoms with van der Waals surface area (Å²) in [6.45, 7) is 4.18. The summed E-state index contributed by atoms with van der Waals surface area (Å²) in [5.41, 5.74) is 2.00. The van der Waals surface area contributed by atoms with E-state index in [0.29, 0.717) is 24.2 Å². The predicted molar refractivity (Wildman–Crippen MR) is 91.1 cm³/mol. The fourth-order valence-corrected chi connectivity index (χ4v) is 3.23. The number of sulfonamides is 1. The fraction of sp³-hybridized carbons (Fsp3) is 0.235. The number of carbonyl (C=O) groups excluding carboxylic acids is 1. The average Bonchev–Trinajstić information content (AvgIpc) is 2.53. The Hall–Kier alpha value is -2.18. The molecule has 0 aliphatic rings. The minimum atomic E-state index is -3.59. The molecule has 6 heteroatoms. The molecule has 0 saturated carbocycles. The van der Waals surface area contributed by atoms with E-state index in [2.05, 4.69) is 10.0 Å². The Balaban J connectivity index is 2.20. The molecule has 122 valence electrons. The largest absolute Gasteiger partial charge is 0.322 e. The van der Waals surface area contributed by atoms with Gasteiger partial charge in [-0.25, -0.2) is 13.1 Å². The predicted octanol–water partition coefficient (Wildman–Crippen LogP) is 2.94. The van der Waals surface area contributed by atoms with Crippen LogP contribution >= 0.6 is 0 Å². The second-order valence-electron chi connectivity index (χ2n) is 5.25. The lowest BCUT2D eigenvalue weighted by Gasteiger charge is -2.09. The summed E-state index contributed by atoms with van der Waals surface area (Å²) in [7, 11) is -3.59. The molecule has 0 unspecified atom stereocenters. The molecule has 0 fully saturated rings. The van der Waals surface area contributed by atoms with Gasteiger partial charge in [0, 0.05) is 17.8 Å². The lowest BCUT2D eigenvalue weighted by Crippen LogP contribution is -2.24. The van der Waals surface area contributed by atoms with Gasteiger partial charge < -0.3 is 5.32 Å². The third kappa shape index (κ3) is 4.64. The van der Waals surface area contributed by atoms with E-state index in [1.165, 1.54) is 12.1 Å². The van der Waals surface area contributed by atoms with E-state index in [1.807, 2.05) is 32.0 Å². The number of anilines is 1. The number of hydrogen-bond donors (Lipinski definition) is 2. The van der Waals surface area contributed by atoms with Crippen LogP contribution in [0, 0.1) is 6.92 Å². The van der Waals surface area contributed by atoms with Crippen LogP contribution in [0.5, 0.6) is 0 Å². The highest BCUT2D eigenvalue weighted by atomic mass is 32.2. The Kier molecular flexibility index (Phi) is 5.52. The molecular formula is C17H20N2O3S. The van der Waals surface area contributed by atoms with Gasteiger partial charge in [-0.3, -0.25) is 4.79 Å². The normalized spacial score (nSPS) is 11.2. The third-order valence-electron chi connectivity index (χ3n) is 3.22. The summed E-state index contributed by atoms with van der Waals surface area (Å²) in [6.07, 6.45) is 0.701. The van der Waals surface area contributed by atoms with Crippen LogP contribution in [0.15, 0.2) is 53.4 Å². The molecule has 0 radical (unpaired) electrons. The molecule has 0 atom stereocenters. The van der Waals surface area contributed by atoms with Crippen LogP contribution in [0.2, 0.25) is 0 Å². The van der Waals surface area contributed by atoms with E-state index in [1.54, 1.807) is 18.2 Å². The van der Waals surface area contributed by atoms with Crippen LogP contribution in [0.25, 0.3) is 0 Å². The summed E-state index contributed by atoms with van der Waals surface area (Å²) in [4.78, 5) is 12.4. The van der Waals surface area contributed by atoms with Crippen LogP contribution in [-0.4, -0.2) is 20.9 Å². The van der Waals surface area contributed by atoms with E-state index in [-0.39, 0.29) is 10.8 Å². The van der Waals surface area contributed by atoms with Crippen molar-refractivity contribution in [1.82, 2.24) is 4.72 Å². The zero-order valence-corrected chi connectivity index (χ0v) is 14.0. The van der Waals surface area contributed by atoms with E-state index in [4.69, 9.17) is 0 Å². The molecule has 0 spiro atoms. The van der Waals surface area contributed by atoms with Gasteiger partial charge in [-0.1, -0.05) is 25.1 Å². The second kappa shape index (κ2) is 7.39. The quantitative estimate of drug-likeness (QED) is 0.854. The molecule has 2 aromatic carbocycles. The maximum Gasteiger partial charge on any atom is 0.255 e. The lowest BCUT2D eigenvalue weighted by molar-refractivity contribution is 0.102. The van der Waals surface area contributed by atoms with Gasteiger partial charge in [-0.2, -0.15) is 0 Å². The topological polar surface area (TPSA) is 75.3 Å². The molecule has 0 bridgehead atoms. The van der Waals surface area contributed by atoms with Gasteiger partial charge in [0.05, 0.1) is 4.90 Å². The van der Waals surface area contributed by atoms with Crippen LogP contribution in [0.3, 0.4) is 0 Å². The molecule has 2 aromatic rings. The van der Waals surface area contributed by atoms with Gasteiger partial charge in [0.1, 0.15) is 0 Å². The van der Waals surface area contributed by atoms with E-state index in [0.717, 1.165) is 5.56 Å². The number of carbonyl (C=O) groups is 1. The van der Waals surface area contributed by atoms with Crippen LogP contribution in [-0.2, 0) is 10.0 Å². The van der Waals surface area contributed by atoms with Gasteiger partial charge in [0.15, 0.2) is 0 Å². The molecule has 0 aromatic heterocycles. The Morgan fingerprint density at radius 3 is 2.52 bits per heavy atom. The zero-order chi connectivity index (χ0) is 16.9. The van der Waals surface area contributed by atoms with Gasteiger partial charge in [0.25, 0.3) is 5.91 Å². The molecular weight excluding hydrogens is 312 g/mol. The second-order valence-corrected chi connectivity index (χ2v) is 7.02. The summed E-state index contributed by atoms with van der Waals surface area (Å²) in [6, 6.07) is 13.4. The molecule has 0 aliphatic carbocycles. The Morgan fingerprint density at radius 2 is 1.83 bits per heavy atom. The van der Waals surface area contributed by atoms with Gasteiger partial charge in [0.2, 0.25) is 10.0 Å². The van der Waals surface area contributed by atoms with Crippen LogP contribution in [0.1, 0.15) is 29.3 Å². The highest BCUT2D eigenvalue weighted by Gasteiger charge is 2.15. The number of hydrogen-bond acceptors (Lipinski definition) is 3. The minimum Gasteiger partial charge on any atom is -0.322 e. The first kappa shape index (κ1) is 17.2. The monoisotopic (exact) mass is 332 g/mol. The first-order chi connectivity index (χ1) is 10.9. The third-order valence-corrected chi connectivity index (χ3v) is 4.68. The van der Waals surface area contributed by atoms with E-state index in [9.17, 15) is 13.2 Å². The first-order valence-electron chi connectivity index (χ1n) is 7.40. The van der Waals surface area contributed by atoms with Crippen molar-refractivity contribution in [1.29, 1.82) is 0 Å². The van der Waals surface area contributed by atoms with E-state index >= 15 is 0 Å². The molecule has 0 aliphatic heterocycles. The van der Waals surface area contributed by atoms with Crippen molar-refractivity contribution in [2.45, 2.75) is 25.2 Å². The summed E-state index contributed by atoms with van der Waals surface area (Å²) < 4.78 is 26.7. The summed E-state index contributed by atoms with van der Waals surface area (Å²) in [5, 5.41) is 2.77. The van der Waals surface area contributed by atoms with E-state index < -0.39 is 10.0 Å². The van der Waals surface area contributed by atoms with Crippen molar-refractivity contribution in [3.63, 3.8) is 0 Å². The number of benzene rings is 2. The van der Waals surface area contributed by atoms with Crippen LogP contribution in [0.4, 0.5) is 5.69 Å². The van der Waals surface area contributed by atoms with Crippen LogP contribution < -0.4 is 10.0 Å². The molecule has 0 saturated heterocycles. The van der Waals surface area contributed by atoms with Gasteiger partial charge in [-0.05, 0) is 49.2 Å². The van der Waals surface area contributed by atoms with Crippen molar-refractivity contribution in [3.05, 3.63) is 59.7 Å². The number of rotatable bonds is 6. The maximum atomic E-state index is 12.3. The Morgan fingerprint density at radius 1 is 1.09 bits per heavy atom. The maximum absolute atomic E-state index is 12.3. The molecule has 2 rings (SSSR count). The van der Waals surface area contributed by atoms with Gasteiger partial charge in [-0.15, -0.1) is 0 Å². The molecule has 1 amide bonds. The summed E-state index contributed by atoms with van der Waals surface area (Å²) >= 11 is 0. The fourth-order valence-electron chi connectivity index (χ4n) is 2.05. The number of amides is 1. The van der Waals surface area contributed by atoms with Crippen molar-refractivity contribution in [3.8, 4) is 0 Å². The highest BCUT2D eigenvalue weighted by Crippen LogP contribution is 2.15.